The van der Waals surface area contributed by atoms with Gasteiger partial charge in [0.25, 0.3) is 0 Å². The smallest absolute Gasteiger partial charge is 0.123 e. The number of aromatic nitrogens is 1. The summed E-state index contributed by atoms with van der Waals surface area (Å²) in [5, 5.41) is 9.66. The van der Waals surface area contributed by atoms with Gasteiger partial charge >= 0.3 is 0 Å². The van der Waals surface area contributed by atoms with Gasteiger partial charge in [0.15, 0.2) is 0 Å². The van der Waals surface area contributed by atoms with Gasteiger partial charge in [-0.2, -0.15) is 0 Å². The SMILES string of the molecule is Cc1nc(N)ccc1[C@H](O)[C@@H](C)N. The van der Waals surface area contributed by atoms with Crippen LogP contribution in [0.2, 0.25) is 0 Å². The lowest BCUT2D eigenvalue weighted by Gasteiger charge is -2.16. The van der Waals surface area contributed by atoms with Gasteiger partial charge in [-0.15, -0.1) is 0 Å². The summed E-state index contributed by atoms with van der Waals surface area (Å²) in [6.07, 6.45) is -0.673. The van der Waals surface area contributed by atoms with Crippen LogP contribution in [0.15, 0.2) is 12.1 Å². The standard InChI is InChI=1S/C9H15N3O/c1-5(10)9(13)7-3-4-8(11)12-6(7)2/h3-5,9,13H,10H2,1-2H3,(H2,11,12)/t5-,9-/m1/s1. The van der Waals surface area contributed by atoms with Crippen molar-refractivity contribution in [2.45, 2.75) is 26.0 Å². The second kappa shape index (κ2) is 3.72. The fraction of sp³-hybridized carbons (Fsp3) is 0.444. The summed E-state index contributed by atoms with van der Waals surface area (Å²) >= 11 is 0. The third-order valence-corrected chi connectivity index (χ3v) is 1.96. The fourth-order valence-electron chi connectivity index (χ4n) is 1.19. The number of rotatable bonds is 2. The molecule has 5 N–H and O–H groups in total. The minimum atomic E-state index is -0.673. The number of aliphatic hydroxyl groups is 1. The lowest BCUT2D eigenvalue weighted by atomic mass is 10.0. The molecule has 0 aliphatic rings. The summed E-state index contributed by atoms with van der Waals surface area (Å²) in [7, 11) is 0. The summed E-state index contributed by atoms with van der Waals surface area (Å²) in [4.78, 5) is 4.04. The van der Waals surface area contributed by atoms with Crippen LogP contribution in [0.4, 0.5) is 5.82 Å². The quantitative estimate of drug-likeness (QED) is 0.614. The summed E-state index contributed by atoms with van der Waals surface area (Å²) < 4.78 is 0. The molecule has 0 radical (unpaired) electrons. The van der Waals surface area contributed by atoms with Crippen LogP contribution in [0, 0.1) is 6.92 Å². The first-order valence-corrected chi connectivity index (χ1v) is 4.19. The van der Waals surface area contributed by atoms with Crippen molar-refractivity contribution in [1.82, 2.24) is 4.98 Å². The fourth-order valence-corrected chi connectivity index (χ4v) is 1.19. The van der Waals surface area contributed by atoms with E-state index in [9.17, 15) is 5.11 Å². The predicted octanol–water partition coefficient (Wildman–Crippen LogP) is 0.353. The second-order valence-corrected chi connectivity index (χ2v) is 3.21. The minimum Gasteiger partial charge on any atom is -0.387 e. The Morgan fingerprint density at radius 2 is 2.08 bits per heavy atom. The third kappa shape index (κ3) is 2.17. The van der Waals surface area contributed by atoms with Crippen molar-refractivity contribution in [2.24, 2.45) is 5.73 Å². The van der Waals surface area contributed by atoms with Crippen LogP contribution in [0.25, 0.3) is 0 Å². The summed E-state index contributed by atoms with van der Waals surface area (Å²) in [6.45, 7) is 3.55. The number of anilines is 1. The van der Waals surface area contributed by atoms with E-state index < -0.39 is 6.10 Å². The first-order valence-electron chi connectivity index (χ1n) is 4.19. The van der Waals surface area contributed by atoms with Crippen molar-refractivity contribution in [3.05, 3.63) is 23.4 Å². The largest absolute Gasteiger partial charge is 0.387 e. The van der Waals surface area contributed by atoms with E-state index in [0.717, 1.165) is 11.3 Å². The highest BCUT2D eigenvalue weighted by Gasteiger charge is 2.15. The Kier molecular flexibility index (Phi) is 2.85. The Labute approximate surface area is 77.6 Å². The minimum absolute atomic E-state index is 0.302. The zero-order chi connectivity index (χ0) is 10.0. The molecule has 0 fully saturated rings. The molecule has 0 aliphatic heterocycles. The Morgan fingerprint density at radius 3 is 2.54 bits per heavy atom. The summed E-state index contributed by atoms with van der Waals surface area (Å²) in [6, 6.07) is 3.11. The monoisotopic (exact) mass is 181 g/mol. The maximum Gasteiger partial charge on any atom is 0.123 e. The number of nitrogen functional groups attached to an aromatic ring is 1. The van der Waals surface area contributed by atoms with Crippen LogP contribution in [0.1, 0.15) is 24.3 Å². The molecule has 0 bridgehead atoms. The highest BCUT2D eigenvalue weighted by Crippen LogP contribution is 2.19. The number of nitrogens with zero attached hydrogens (tertiary/aromatic N) is 1. The van der Waals surface area contributed by atoms with E-state index in [1.54, 1.807) is 26.0 Å². The van der Waals surface area contributed by atoms with Crippen molar-refractivity contribution in [3.63, 3.8) is 0 Å². The van der Waals surface area contributed by atoms with Crippen LogP contribution in [0.3, 0.4) is 0 Å². The van der Waals surface area contributed by atoms with Gasteiger partial charge in [-0.1, -0.05) is 6.07 Å². The summed E-state index contributed by atoms with van der Waals surface area (Å²) in [5.74, 6) is 0.457. The molecule has 4 heteroatoms. The van der Waals surface area contributed by atoms with Gasteiger partial charge in [0.1, 0.15) is 5.82 Å². The number of hydrogen-bond donors (Lipinski definition) is 3. The van der Waals surface area contributed by atoms with Gasteiger partial charge in [0, 0.05) is 17.3 Å². The molecule has 0 spiro atoms. The van der Waals surface area contributed by atoms with E-state index >= 15 is 0 Å². The number of pyridine rings is 1. The van der Waals surface area contributed by atoms with Gasteiger partial charge in [0.2, 0.25) is 0 Å². The highest BCUT2D eigenvalue weighted by molar-refractivity contribution is 5.35. The summed E-state index contributed by atoms with van der Waals surface area (Å²) in [5.41, 5.74) is 12.5. The maximum absolute atomic E-state index is 9.66. The molecule has 13 heavy (non-hydrogen) atoms. The number of aliphatic hydroxyl groups excluding tert-OH is 1. The molecular formula is C9H15N3O. The molecule has 1 heterocycles. The van der Waals surface area contributed by atoms with Gasteiger partial charge < -0.3 is 16.6 Å². The van der Waals surface area contributed by atoms with Crippen molar-refractivity contribution < 1.29 is 5.11 Å². The zero-order valence-electron chi connectivity index (χ0n) is 7.86. The van der Waals surface area contributed by atoms with Crippen molar-refractivity contribution in [3.8, 4) is 0 Å². The molecule has 0 aliphatic carbocycles. The van der Waals surface area contributed by atoms with E-state index in [1.807, 2.05) is 0 Å². The van der Waals surface area contributed by atoms with E-state index in [1.165, 1.54) is 0 Å². The van der Waals surface area contributed by atoms with Crippen LogP contribution in [-0.4, -0.2) is 16.1 Å². The average Bonchev–Trinajstić information content (AvgIpc) is 2.03. The van der Waals surface area contributed by atoms with Crippen LogP contribution >= 0.6 is 0 Å². The zero-order valence-corrected chi connectivity index (χ0v) is 7.86. The Morgan fingerprint density at radius 1 is 1.46 bits per heavy atom. The van der Waals surface area contributed by atoms with Crippen LogP contribution in [-0.2, 0) is 0 Å². The normalized spacial score (nSPS) is 15.4. The molecular weight excluding hydrogens is 166 g/mol. The molecule has 1 aromatic heterocycles. The molecule has 0 unspecified atom stereocenters. The molecule has 1 aromatic rings. The molecule has 1 rings (SSSR count). The Bertz CT molecular complexity index is 299. The van der Waals surface area contributed by atoms with Crippen molar-refractivity contribution >= 4 is 5.82 Å². The third-order valence-electron chi connectivity index (χ3n) is 1.96. The van der Waals surface area contributed by atoms with Gasteiger partial charge in [-0.3, -0.25) is 0 Å². The highest BCUT2D eigenvalue weighted by atomic mass is 16.3. The number of nitrogens with two attached hydrogens (primary N) is 2. The number of aryl methyl sites for hydroxylation is 1. The average molecular weight is 181 g/mol. The van der Waals surface area contributed by atoms with Crippen molar-refractivity contribution in [1.29, 1.82) is 0 Å². The molecule has 2 atom stereocenters. The van der Waals surface area contributed by atoms with Gasteiger partial charge in [-0.05, 0) is 19.9 Å². The molecule has 4 nitrogen and oxygen atoms in total. The molecule has 0 amide bonds. The lowest BCUT2D eigenvalue weighted by molar-refractivity contribution is 0.152. The predicted molar refractivity (Wildman–Crippen MR) is 52.0 cm³/mol. The molecule has 0 saturated carbocycles. The number of hydrogen-bond acceptors (Lipinski definition) is 4. The first kappa shape index (κ1) is 9.95. The lowest BCUT2D eigenvalue weighted by Crippen LogP contribution is -2.25. The maximum atomic E-state index is 9.66. The molecule has 72 valence electrons. The van der Waals surface area contributed by atoms with Gasteiger partial charge in [-0.25, -0.2) is 4.98 Å². The Hall–Kier alpha value is -1.13. The van der Waals surface area contributed by atoms with Crippen molar-refractivity contribution in [2.75, 3.05) is 5.73 Å². The molecule has 0 saturated heterocycles. The van der Waals surface area contributed by atoms with E-state index in [-0.39, 0.29) is 6.04 Å². The topological polar surface area (TPSA) is 85.2 Å². The van der Waals surface area contributed by atoms with Crippen LogP contribution in [0.5, 0.6) is 0 Å². The van der Waals surface area contributed by atoms with E-state index in [4.69, 9.17) is 11.5 Å². The first-order chi connectivity index (χ1) is 6.02. The molecule has 0 aromatic carbocycles. The van der Waals surface area contributed by atoms with Crippen LogP contribution < -0.4 is 11.5 Å². The van der Waals surface area contributed by atoms with Gasteiger partial charge in [0.05, 0.1) is 6.10 Å². The van der Waals surface area contributed by atoms with E-state index in [0.29, 0.717) is 5.82 Å². The second-order valence-electron chi connectivity index (χ2n) is 3.21. The Balaban J connectivity index is 3.01. The van der Waals surface area contributed by atoms with E-state index in [2.05, 4.69) is 4.98 Å².